The minimum absolute atomic E-state index is 0.0924. The van der Waals surface area contributed by atoms with Crippen LogP contribution < -0.4 is 10.1 Å². The van der Waals surface area contributed by atoms with E-state index in [-0.39, 0.29) is 5.91 Å². The fourth-order valence-electron chi connectivity index (χ4n) is 3.88. The Labute approximate surface area is 194 Å². The Morgan fingerprint density at radius 1 is 1.03 bits per heavy atom. The lowest BCUT2D eigenvalue weighted by molar-refractivity contribution is 0.0952. The van der Waals surface area contributed by atoms with Crippen LogP contribution in [0.1, 0.15) is 41.0 Å². The molecule has 0 saturated heterocycles. The molecule has 0 aliphatic heterocycles. The molecule has 1 N–H and O–H groups in total. The SMILES string of the molecule is Cc1cccc(OCCCCn2c(CCCNC(=O)c3cccnc3)nc3ccccc32)c1. The molecule has 33 heavy (non-hydrogen) atoms. The van der Waals surface area contributed by atoms with Crippen molar-refractivity contribution in [2.45, 2.75) is 39.2 Å². The van der Waals surface area contributed by atoms with Gasteiger partial charge in [0.2, 0.25) is 0 Å². The largest absolute Gasteiger partial charge is 0.494 e. The standard InChI is InChI=1S/C27H30N4O2/c1-21-9-6-11-23(19-21)33-18-5-4-17-31-25-13-3-2-12-24(25)30-26(31)14-8-16-29-27(32)22-10-7-15-28-20-22/h2-3,6-7,9-13,15,19-20H,4-5,8,14,16-18H2,1H3,(H,29,32). The third kappa shape index (κ3) is 6.19. The molecular formula is C27H30N4O2. The van der Waals surface area contributed by atoms with Crippen LogP contribution in [0.2, 0.25) is 0 Å². The van der Waals surface area contributed by atoms with E-state index in [1.807, 2.05) is 18.2 Å². The van der Waals surface area contributed by atoms with E-state index >= 15 is 0 Å². The Kier molecular flexibility index (Phi) is 7.69. The maximum absolute atomic E-state index is 12.2. The Morgan fingerprint density at radius 2 is 1.94 bits per heavy atom. The van der Waals surface area contributed by atoms with E-state index in [2.05, 4.69) is 52.1 Å². The molecule has 0 atom stereocenters. The molecule has 0 spiro atoms. The topological polar surface area (TPSA) is 69.0 Å². The zero-order valence-corrected chi connectivity index (χ0v) is 19.0. The Hall–Kier alpha value is -3.67. The van der Waals surface area contributed by atoms with Crippen molar-refractivity contribution in [2.75, 3.05) is 13.2 Å². The summed E-state index contributed by atoms with van der Waals surface area (Å²) in [5.41, 5.74) is 3.96. The lowest BCUT2D eigenvalue weighted by Crippen LogP contribution is -2.25. The molecule has 4 rings (SSSR count). The molecule has 170 valence electrons. The third-order valence-electron chi connectivity index (χ3n) is 5.55. The molecule has 2 aromatic heterocycles. The molecule has 6 heteroatoms. The number of fused-ring (bicyclic) bond motifs is 1. The summed E-state index contributed by atoms with van der Waals surface area (Å²) in [5, 5.41) is 2.97. The van der Waals surface area contributed by atoms with Gasteiger partial charge in [-0.2, -0.15) is 0 Å². The van der Waals surface area contributed by atoms with Gasteiger partial charge >= 0.3 is 0 Å². The smallest absolute Gasteiger partial charge is 0.252 e. The number of amides is 1. The average molecular weight is 443 g/mol. The second-order valence-corrected chi connectivity index (χ2v) is 8.14. The molecule has 0 saturated carbocycles. The number of carbonyl (C=O) groups excluding carboxylic acids is 1. The van der Waals surface area contributed by atoms with E-state index in [1.165, 1.54) is 5.56 Å². The number of hydrogen-bond donors (Lipinski definition) is 1. The van der Waals surface area contributed by atoms with Gasteiger partial charge in [-0.25, -0.2) is 4.98 Å². The van der Waals surface area contributed by atoms with E-state index in [4.69, 9.17) is 9.72 Å². The number of benzene rings is 2. The number of hydrogen-bond acceptors (Lipinski definition) is 4. The highest BCUT2D eigenvalue weighted by molar-refractivity contribution is 5.93. The molecule has 6 nitrogen and oxygen atoms in total. The van der Waals surface area contributed by atoms with Crippen molar-refractivity contribution in [2.24, 2.45) is 0 Å². The van der Waals surface area contributed by atoms with Crippen molar-refractivity contribution < 1.29 is 9.53 Å². The first-order valence-electron chi connectivity index (χ1n) is 11.5. The summed E-state index contributed by atoms with van der Waals surface area (Å²) >= 11 is 0. The fourth-order valence-corrected chi connectivity index (χ4v) is 3.88. The minimum Gasteiger partial charge on any atom is -0.494 e. The van der Waals surface area contributed by atoms with Crippen LogP contribution in [0.3, 0.4) is 0 Å². The summed E-state index contributed by atoms with van der Waals surface area (Å²) in [4.78, 5) is 21.1. The van der Waals surface area contributed by atoms with Crippen molar-refractivity contribution in [3.05, 3.63) is 90.0 Å². The molecule has 2 heterocycles. The first kappa shape index (κ1) is 22.5. The van der Waals surface area contributed by atoms with Crippen LogP contribution in [0.25, 0.3) is 11.0 Å². The minimum atomic E-state index is -0.0924. The zero-order valence-electron chi connectivity index (χ0n) is 19.0. The summed E-state index contributed by atoms with van der Waals surface area (Å²) in [6.45, 7) is 4.27. The van der Waals surface area contributed by atoms with Gasteiger partial charge in [-0.1, -0.05) is 24.3 Å². The Bertz CT molecular complexity index is 1190. The molecule has 0 fully saturated rings. The number of ether oxygens (including phenoxy) is 1. The predicted molar refractivity (Wildman–Crippen MR) is 131 cm³/mol. The van der Waals surface area contributed by atoms with Gasteiger partial charge in [-0.15, -0.1) is 0 Å². The molecule has 2 aromatic carbocycles. The van der Waals surface area contributed by atoms with Crippen molar-refractivity contribution >= 4 is 16.9 Å². The summed E-state index contributed by atoms with van der Waals surface area (Å²) in [7, 11) is 0. The van der Waals surface area contributed by atoms with Crippen LogP contribution >= 0.6 is 0 Å². The number of pyridine rings is 1. The Morgan fingerprint density at radius 3 is 2.79 bits per heavy atom. The quantitative estimate of drug-likeness (QED) is 0.333. The van der Waals surface area contributed by atoms with Crippen molar-refractivity contribution in [1.29, 1.82) is 0 Å². The van der Waals surface area contributed by atoms with Gasteiger partial charge in [0.15, 0.2) is 0 Å². The number of aryl methyl sites for hydroxylation is 3. The van der Waals surface area contributed by atoms with Crippen LogP contribution in [-0.4, -0.2) is 33.6 Å². The highest BCUT2D eigenvalue weighted by atomic mass is 16.5. The summed E-state index contributed by atoms with van der Waals surface area (Å²) in [6.07, 6.45) is 6.86. The lowest BCUT2D eigenvalue weighted by atomic mass is 10.2. The first-order chi connectivity index (χ1) is 16.2. The monoisotopic (exact) mass is 442 g/mol. The van der Waals surface area contributed by atoms with E-state index in [0.717, 1.165) is 54.8 Å². The van der Waals surface area contributed by atoms with Gasteiger partial charge in [0.25, 0.3) is 5.91 Å². The average Bonchev–Trinajstić information content (AvgIpc) is 3.19. The van der Waals surface area contributed by atoms with E-state index in [9.17, 15) is 4.79 Å². The number of para-hydroxylation sites is 2. The highest BCUT2D eigenvalue weighted by Crippen LogP contribution is 2.18. The molecule has 4 aromatic rings. The molecular weight excluding hydrogens is 412 g/mol. The molecule has 1 amide bonds. The number of unbranched alkanes of at least 4 members (excludes halogenated alkanes) is 1. The Balaban J connectivity index is 1.29. The molecule has 0 bridgehead atoms. The maximum Gasteiger partial charge on any atom is 0.252 e. The zero-order chi connectivity index (χ0) is 22.9. The molecule has 0 radical (unpaired) electrons. The number of carbonyl (C=O) groups is 1. The summed E-state index contributed by atoms with van der Waals surface area (Å²) < 4.78 is 8.20. The van der Waals surface area contributed by atoms with Gasteiger partial charge in [-0.3, -0.25) is 9.78 Å². The number of imidazole rings is 1. The lowest BCUT2D eigenvalue weighted by Gasteiger charge is -2.11. The summed E-state index contributed by atoms with van der Waals surface area (Å²) in [5.74, 6) is 1.90. The van der Waals surface area contributed by atoms with Crippen LogP contribution in [-0.2, 0) is 13.0 Å². The first-order valence-corrected chi connectivity index (χ1v) is 11.5. The van der Waals surface area contributed by atoms with Gasteiger partial charge in [0, 0.05) is 31.9 Å². The van der Waals surface area contributed by atoms with Gasteiger partial charge in [0.1, 0.15) is 11.6 Å². The molecule has 0 aliphatic rings. The molecule has 0 aliphatic carbocycles. The fraction of sp³-hybridized carbons (Fsp3) is 0.296. The molecule has 0 unspecified atom stereocenters. The summed E-state index contributed by atoms with van der Waals surface area (Å²) in [6, 6.07) is 20.0. The van der Waals surface area contributed by atoms with Crippen molar-refractivity contribution in [3.8, 4) is 5.75 Å². The second-order valence-electron chi connectivity index (χ2n) is 8.14. The second kappa shape index (κ2) is 11.3. The van der Waals surface area contributed by atoms with Crippen molar-refractivity contribution in [3.63, 3.8) is 0 Å². The van der Waals surface area contributed by atoms with Crippen molar-refractivity contribution in [1.82, 2.24) is 19.9 Å². The van der Waals surface area contributed by atoms with Gasteiger partial charge in [0.05, 0.1) is 23.2 Å². The van der Waals surface area contributed by atoms with Gasteiger partial charge < -0.3 is 14.6 Å². The predicted octanol–water partition coefficient (Wildman–Crippen LogP) is 4.96. The number of nitrogens with one attached hydrogen (secondary N) is 1. The number of rotatable bonds is 11. The normalized spacial score (nSPS) is 10.9. The van der Waals surface area contributed by atoms with Gasteiger partial charge in [-0.05, 0) is 68.1 Å². The highest BCUT2D eigenvalue weighted by Gasteiger charge is 2.11. The maximum atomic E-state index is 12.2. The van der Waals surface area contributed by atoms with E-state index < -0.39 is 0 Å². The third-order valence-corrected chi connectivity index (χ3v) is 5.55. The van der Waals surface area contributed by atoms with Crippen LogP contribution in [0.15, 0.2) is 73.1 Å². The van der Waals surface area contributed by atoms with Crippen LogP contribution in [0.5, 0.6) is 5.75 Å². The van der Waals surface area contributed by atoms with E-state index in [1.54, 1.807) is 24.5 Å². The van der Waals surface area contributed by atoms with Crippen LogP contribution in [0, 0.1) is 6.92 Å². The number of aromatic nitrogens is 3. The van der Waals surface area contributed by atoms with Crippen LogP contribution in [0.4, 0.5) is 0 Å². The van der Waals surface area contributed by atoms with E-state index in [0.29, 0.717) is 18.7 Å². The number of nitrogens with zero attached hydrogens (tertiary/aromatic N) is 3.